The lowest BCUT2D eigenvalue weighted by Crippen LogP contribution is -2.33. The van der Waals surface area contributed by atoms with Crippen LogP contribution in [0.15, 0.2) is 18.2 Å². The molecule has 0 bridgehead atoms. The Morgan fingerprint density at radius 3 is 2.56 bits per heavy atom. The quantitative estimate of drug-likeness (QED) is 0.765. The number of halogens is 3. The molecule has 5 heteroatoms. The van der Waals surface area contributed by atoms with Gasteiger partial charge in [0.25, 0.3) is 0 Å². The molecular weight excluding hydrogens is 241 g/mol. The molecule has 0 radical (unpaired) electrons. The number of nitrogens with zero attached hydrogens (tertiary/aromatic N) is 1. The maximum absolute atomic E-state index is 12.7. The molecule has 1 N–H and O–H groups in total. The number of hydrogen-bond donors (Lipinski definition) is 1. The summed E-state index contributed by atoms with van der Waals surface area (Å²) in [6.45, 7) is 5.64. The van der Waals surface area contributed by atoms with Crippen LogP contribution in [0.25, 0.3) is 0 Å². The Kier molecular flexibility index (Phi) is 2.95. The normalized spacial score (nSPS) is 18.9. The van der Waals surface area contributed by atoms with Crippen molar-refractivity contribution in [3.8, 4) is 0 Å². The molecule has 2 nitrogen and oxygen atoms in total. The first-order chi connectivity index (χ1) is 8.19. The van der Waals surface area contributed by atoms with Crippen LogP contribution in [0.1, 0.15) is 19.4 Å². The Morgan fingerprint density at radius 2 is 1.94 bits per heavy atom. The molecule has 0 saturated heterocycles. The second kappa shape index (κ2) is 4.07. The van der Waals surface area contributed by atoms with E-state index in [1.807, 2.05) is 11.9 Å². The minimum Gasteiger partial charge on any atom is -0.383 e. The highest BCUT2D eigenvalue weighted by Crippen LogP contribution is 2.38. The molecule has 0 aromatic heterocycles. The van der Waals surface area contributed by atoms with Gasteiger partial charge in [-0.2, -0.15) is 13.2 Å². The molecule has 0 amide bonds. The molecule has 100 valence electrons. The van der Waals surface area contributed by atoms with Crippen LogP contribution in [-0.4, -0.2) is 20.1 Å². The monoisotopic (exact) mass is 258 g/mol. The van der Waals surface area contributed by atoms with E-state index in [0.717, 1.165) is 18.3 Å². The molecule has 2 rings (SSSR count). The predicted molar refractivity (Wildman–Crippen MR) is 67.0 cm³/mol. The number of nitrogens with one attached hydrogen (secondary N) is 1. The maximum atomic E-state index is 12.7. The molecule has 1 aromatic carbocycles. The van der Waals surface area contributed by atoms with Gasteiger partial charge in [0.15, 0.2) is 0 Å². The second-order valence-corrected chi connectivity index (χ2v) is 5.60. The Morgan fingerprint density at radius 1 is 1.28 bits per heavy atom. The summed E-state index contributed by atoms with van der Waals surface area (Å²) in [6, 6.07) is 3.85. The van der Waals surface area contributed by atoms with Crippen LogP contribution >= 0.6 is 0 Å². The molecule has 1 aromatic rings. The van der Waals surface area contributed by atoms with E-state index in [0.29, 0.717) is 12.2 Å². The summed E-state index contributed by atoms with van der Waals surface area (Å²) >= 11 is 0. The second-order valence-electron chi connectivity index (χ2n) is 5.60. The van der Waals surface area contributed by atoms with Crippen molar-refractivity contribution in [3.05, 3.63) is 23.8 Å². The van der Waals surface area contributed by atoms with E-state index in [2.05, 4.69) is 19.2 Å². The number of rotatable bonds is 0. The third-order valence-corrected chi connectivity index (χ3v) is 3.16. The molecule has 0 spiro atoms. The van der Waals surface area contributed by atoms with Gasteiger partial charge < -0.3 is 10.2 Å². The zero-order chi connectivity index (χ0) is 13.6. The molecule has 1 aliphatic rings. The fourth-order valence-electron chi connectivity index (χ4n) is 2.29. The van der Waals surface area contributed by atoms with Gasteiger partial charge in [0.1, 0.15) is 0 Å². The number of hydrogen-bond acceptors (Lipinski definition) is 2. The zero-order valence-electron chi connectivity index (χ0n) is 10.7. The smallest absolute Gasteiger partial charge is 0.383 e. The average molecular weight is 258 g/mol. The SMILES string of the molecule is CN1CC(C)(C)CNc2ccc(C(F)(F)F)cc21. The maximum Gasteiger partial charge on any atom is 0.416 e. The van der Waals surface area contributed by atoms with Crippen LogP contribution in [0.5, 0.6) is 0 Å². The number of fused-ring (bicyclic) bond motifs is 1. The molecule has 1 heterocycles. The first kappa shape index (κ1) is 13.1. The highest BCUT2D eigenvalue weighted by Gasteiger charge is 2.33. The highest BCUT2D eigenvalue weighted by atomic mass is 19.4. The van der Waals surface area contributed by atoms with Crippen molar-refractivity contribution in [1.29, 1.82) is 0 Å². The molecule has 0 atom stereocenters. The van der Waals surface area contributed by atoms with Gasteiger partial charge >= 0.3 is 6.18 Å². The lowest BCUT2D eigenvalue weighted by atomic mass is 9.93. The van der Waals surface area contributed by atoms with Crippen molar-refractivity contribution in [3.63, 3.8) is 0 Å². The fraction of sp³-hybridized carbons (Fsp3) is 0.538. The molecule has 1 aliphatic heterocycles. The van der Waals surface area contributed by atoms with E-state index in [9.17, 15) is 13.2 Å². The topological polar surface area (TPSA) is 15.3 Å². The van der Waals surface area contributed by atoms with Crippen LogP contribution in [-0.2, 0) is 6.18 Å². The standard InChI is InChI=1S/C13H17F3N2/c1-12(2)7-17-10-5-4-9(13(14,15)16)6-11(10)18(3)8-12/h4-6,17H,7-8H2,1-3H3. The minimum absolute atomic E-state index is 0.0200. The Labute approximate surface area is 105 Å². The van der Waals surface area contributed by atoms with Gasteiger partial charge in [0.05, 0.1) is 16.9 Å². The molecular formula is C13H17F3N2. The van der Waals surface area contributed by atoms with Crippen LogP contribution in [0, 0.1) is 5.41 Å². The summed E-state index contributed by atoms with van der Waals surface area (Å²) in [4.78, 5) is 1.88. The van der Waals surface area contributed by atoms with Crippen LogP contribution in [0.2, 0.25) is 0 Å². The van der Waals surface area contributed by atoms with E-state index >= 15 is 0 Å². The van der Waals surface area contributed by atoms with E-state index in [1.54, 1.807) is 0 Å². The minimum atomic E-state index is -4.29. The highest BCUT2D eigenvalue weighted by molar-refractivity contribution is 5.72. The first-order valence-electron chi connectivity index (χ1n) is 5.85. The third kappa shape index (κ3) is 2.54. The lowest BCUT2D eigenvalue weighted by molar-refractivity contribution is -0.137. The summed E-state index contributed by atoms with van der Waals surface area (Å²) in [6.07, 6.45) is -4.29. The lowest BCUT2D eigenvalue weighted by Gasteiger charge is -2.27. The zero-order valence-corrected chi connectivity index (χ0v) is 10.7. The van der Waals surface area contributed by atoms with Gasteiger partial charge in [-0.25, -0.2) is 0 Å². The summed E-state index contributed by atoms with van der Waals surface area (Å²) < 4.78 is 38.1. The molecule has 0 aliphatic carbocycles. The van der Waals surface area contributed by atoms with Crippen LogP contribution in [0.3, 0.4) is 0 Å². The van der Waals surface area contributed by atoms with Crippen molar-refractivity contribution < 1.29 is 13.2 Å². The average Bonchev–Trinajstić information content (AvgIpc) is 2.34. The van der Waals surface area contributed by atoms with E-state index in [4.69, 9.17) is 0 Å². The van der Waals surface area contributed by atoms with E-state index in [-0.39, 0.29) is 5.41 Å². The summed E-state index contributed by atoms with van der Waals surface area (Å²) in [5, 5.41) is 3.22. The van der Waals surface area contributed by atoms with Crippen LogP contribution < -0.4 is 10.2 Å². The van der Waals surface area contributed by atoms with E-state index in [1.165, 1.54) is 12.1 Å². The molecule has 0 fully saturated rings. The van der Waals surface area contributed by atoms with E-state index < -0.39 is 11.7 Å². The van der Waals surface area contributed by atoms with Gasteiger partial charge in [-0.1, -0.05) is 13.8 Å². The first-order valence-corrected chi connectivity index (χ1v) is 5.85. The number of benzene rings is 1. The summed E-state index contributed by atoms with van der Waals surface area (Å²) in [5.41, 5.74) is 0.785. The van der Waals surface area contributed by atoms with Crippen molar-refractivity contribution in [2.45, 2.75) is 20.0 Å². The van der Waals surface area contributed by atoms with Gasteiger partial charge in [-0.3, -0.25) is 0 Å². The predicted octanol–water partition coefficient (Wildman–Crippen LogP) is 3.59. The largest absolute Gasteiger partial charge is 0.416 e. The van der Waals surface area contributed by atoms with Crippen molar-refractivity contribution in [2.75, 3.05) is 30.4 Å². The molecule has 18 heavy (non-hydrogen) atoms. The molecule has 0 unspecified atom stereocenters. The summed E-state index contributed by atoms with van der Waals surface area (Å²) in [5.74, 6) is 0. The number of alkyl halides is 3. The van der Waals surface area contributed by atoms with Crippen molar-refractivity contribution in [2.24, 2.45) is 5.41 Å². The Bertz CT molecular complexity index is 452. The third-order valence-electron chi connectivity index (χ3n) is 3.16. The molecule has 0 saturated carbocycles. The van der Waals surface area contributed by atoms with Gasteiger partial charge in [0.2, 0.25) is 0 Å². The van der Waals surface area contributed by atoms with Crippen molar-refractivity contribution in [1.82, 2.24) is 0 Å². The number of anilines is 2. The van der Waals surface area contributed by atoms with Gasteiger partial charge in [0, 0.05) is 20.1 Å². The van der Waals surface area contributed by atoms with Gasteiger partial charge in [-0.15, -0.1) is 0 Å². The van der Waals surface area contributed by atoms with Gasteiger partial charge in [-0.05, 0) is 23.6 Å². The Hall–Kier alpha value is -1.39. The summed E-state index contributed by atoms with van der Waals surface area (Å²) in [7, 11) is 1.83. The van der Waals surface area contributed by atoms with Crippen molar-refractivity contribution >= 4 is 11.4 Å². The van der Waals surface area contributed by atoms with Crippen LogP contribution in [0.4, 0.5) is 24.5 Å². The Balaban J connectivity index is 2.42. The fourth-order valence-corrected chi connectivity index (χ4v) is 2.29.